The molecule has 0 aromatic heterocycles. The number of aliphatic hydroxyl groups excluding tert-OH is 2. The molecule has 0 aromatic carbocycles. The molecule has 0 aromatic rings. The molecule has 0 aliphatic heterocycles. The van der Waals surface area contributed by atoms with Crippen molar-refractivity contribution in [2.75, 3.05) is 0 Å². The van der Waals surface area contributed by atoms with Gasteiger partial charge < -0.3 is 20.4 Å². The Hall–Kier alpha value is -3.06. The number of allylic oxidation sites excluding steroid dienone is 6. The molecular weight excluding hydrogens is 516 g/mol. The van der Waals surface area contributed by atoms with Gasteiger partial charge in [0.2, 0.25) is 0 Å². The van der Waals surface area contributed by atoms with Crippen LogP contribution >= 0.6 is 0 Å². The van der Waals surface area contributed by atoms with Gasteiger partial charge in [-0.2, -0.15) is 0 Å². The molecule has 0 amide bonds. The van der Waals surface area contributed by atoms with Crippen LogP contribution in [0.3, 0.4) is 0 Å². The van der Waals surface area contributed by atoms with Crippen molar-refractivity contribution in [2.45, 2.75) is 111 Å². The van der Waals surface area contributed by atoms with Crippen LogP contribution in [-0.2, 0) is 9.59 Å². The Morgan fingerprint density at radius 3 is 1.44 bits per heavy atom. The number of hydrogen-bond donors (Lipinski definition) is 4. The Balaban J connectivity index is 0.000000762. The average Bonchev–Trinajstić information content (AvgIpc) is 3.80. The van der Waals surface area contributed by atoms with Crippen LogP contribution in [0.25, 0.3) is 0 Å². The number of aliphatic carboxylic acids is 2. The Morgan fingerprint density at radius 1 is 0.707 bits per heavy atom. The Morgan fingerprint density at radius 2 is 1.10 bits per heavy atom. The van der Waals surface area contributed by atoms with Crippen molar-refractivity contribution in [3.8, 4) is 23.7 Å². The minimum absolute atomic E-state index is 0. The van der Waals surface area contributed by atoms with Gasteiger partial charge in [-0.15, -0.1) is 0 Å². The molecule has 6 heteroatoms. The van der Waals surface area contributed by atoms with E-state index in [0.717, 1.165) is 63.2 Å². The molecule has 0 spiro atoms. The Bertz CT molecular complexity index is 900. The van der Waals surface area contributed by atoms with Crippen molar-refractivity contribution in [2.24, 2.45) is 23.7 Å². The van der Waals surface area contributed by atoms with Gasteiger partial charge in [0.05, 0.1) is 12.2 Å². The molecule has 0 bridgehead atoms. The second-order valence-electron chi connectivity index (χ2n) is 10.7. The summed E-state index contributed by atoms with van der Waals surface area (Å²) >= 11 is 0. The largest absolute Gasteiger partial charge is 0.481 e. The summed E-state index contributed by atoms with van der Waals surface area (Å²) in [5, 5.41) is 35.0. The lowest BCUT2D eigenvalue weighted by Crippen LogP contribution is -1.92. The number of rotatable bonds is 16. The predicted molar refractivity (Wildman–Crippen MR) is 167 cm³/mol. The van der Waals surface area contributed by atoms with E-state index in [1.54, 1.807) is 38.2 Å². The molecule has 2 aliphatic rings. The van der Waals surface area contributed by atoms with Gasteiger partial charge in [0, 0.05) is 25.7 Å². The summed E-state index contributed by atoms with van der Waals surface area (Å²) in [4.78, 5) is 20.6. The van der Waals surface area contributed by atoms with Crippen molar-refractivity contribution >= 4 is 11.9 Å². The van der Waals surface area contributed by atoms with Crippen molar-refractivity contribution in [1.29, 1.82) is 0 Å². The van der Waals surface area contributed by atoms with E-state index in [1.807, 2.05) is 0 Å². The molecular formula is C35H52O6. The third kappa shape index (κ3) is 24.5. The molecule has 6 atom stereocenters. The van der Waals surface area contributed by atoms with E-state index in [0.29, 0.717) is 11.8 Å². The summed E-state index contributed by atoms with van der Waals surface area (Å²) in [7, 11) is 0. The monoisotopic (exact) mass is 568 g/mol. The maximum Gasteiger partial charge on any atom is 0.303 e. The van der Waals surface area contributed by atoms with Crippen molar-refractivity contribution in [3.63, 3.8) is 0 Å². The zero-order valence-corrected chi connectivity index (χ0v) is 24.2. The summed E-state index contributed by atoms with van der Waals surface area (Å²) in [5.74, 6) is 13.6. The van der Waals surface area contributed by atoms with E-state index in [-0.39, 0.29) is 20.3 Å². The van der Waals surface area contributed by atoms with Crippen LogP contribution < -0.4 is 0 Å². The molecule has 6 nitrogen and oxygen atoms in total. The zero-order chi connectivity index (χ0) is 29.6. The highest BCUT2D eigenvalue weighted by Crippen LogP contribution is 2.44. The number of carbonyl (C=O) groups is 2. The van der Waals surface area contributed by atoms with Crippen molar-refractivity contribution in [1.82, 2.24) is 0 Å². The maximum absolute atomic E-state index is 10.3. The molecule has 2 fully saturated rings. The van der Waals surface area contributed by atoms with E-state index >= 15 is 0 Å². The number of hydrogen-bond acceptors (Lipinski definition) is 4. The molecule has 0 saturated heterocycles. The first kappa shape index (κ1) is 37.9. The van der Waals surface area contributed by atoms with Gasteiger partial charge >= 0.3 is 11.9 Å². The lowest BCUT2D eigenvalue weighted by molar-refractivity contribution is -0.138. The van der Waals surface area contributed by atoms with Gasteiger partial charge in [-0.3, -0.25) is 9.59 Å². The van der Waals surface area contributed by atoms with E-state index in [9.17, 15) is 9.59 Å². The molecule has 2 aliphatic carbocycles. The molecule has 2 saturated carbocycles. The van der Waals surface area contributed by atoms with Crippen LogP contribution in [0.4, 0.5) is 0 Å². The highest BCUT2D eigenvalue weighted by Gasteiger charge is 2.35. The van der Waals surface area contributed by atoms with Gasteiger partial charge in [-0.1, -0.05) is 55.4 Å². The minimum atomic E-state index is -0.719. The van der Waals surface area contributed by atoms with E-state index < -0.39 is 24.1 Å². The molecule has 41 heavy (non-hydrogen) atoms. The smallest absolute Gasteiger partial charge is 0.303 e. The fourth-order valence-corrected chi connectivity index (χ4v) is 4.09. The van der Waals surface area contributed by atoms with Crippen molar-refractivity contribution in [3.05, 3.63) is 48.6 Å². The van der Waals surface area contributed by atoms with Crippen LogP contribution in [0.2, 0.25) is 0 Å². The highest BCUT2D eigenvalue weighted by molar-refractivity contribution is 5.66. The molecule has 2 unspecified atom stereocenters. The van der Waals surface area contributed by atoms with Gasteiger partial charge in [-0.05, 0) is 113 Å². The normalized spacial score (nSPS) is 22.1. The highest BCUT2D eigenvalue weighted by atomic mass is 16.4. The fourth-order valence-electron chi connectivity index (χ4n) is 4.09. The van der Waals surface area contributed by atoms with Crippen LogP contribution in [0.15, 0.2) is 48.6 Å². The van der Waals surface area contributed by atoms with E-state index in [1.165, 1.54) is 12.8 Å². The molecule has 4 N–H and O–H groups in total. The lowest BCUT2D eigenvalue weighted by Gasteiger charge is -1.92. The predicted octanol–water partition coefficient (Wildman–Crippen LogP) is 6.94. The quantitative estimate of drug-likeness (QED) is 0.0910. The Kier molecular flexibility index (Phi) is 21.9. The molecule has 0 heterocycles. The van der Waals surface area contributed by atoms with Crippen molar-refractivity contribution < 1.29 is 30.0 Å². The summed E-state index contributed by atoms with van der Waals surface area (Å²) < 4.78 is 0. The van der Waals surface area contributed by atoms with Crippen LogP contribution in [0, 0.1) is 47.4 Å². The Labute approximate surface area is 248 Å². The fraction of sp³-hybridized carbons (Fsp3) is 0.600. The SMILES string of the molecule is C.CC(O)/C=C/C#CC[C@H]1C[C@H]1C/C=C\CCCC(=O)O.CC(O)/C=C/C#CC[C@H]1C[C@H]1C/C=C\CCCC(=O)O. The van der Waals surface area contributed by atoms with Gasteiger partial charge in [-0.25, -0.2) is 0 Å². The lowest BCUT2D eigenvalue weighted by atomic mass is 10.1. The zero-order valence-electron chi connectivity index (χ0n) is 24.2. The minimum Gasteiger partial charge on any atom is -0.481 e. The van der Waals surface area contributed by atoms with Crippen LogP contribution in [0.5, 0.6) is 0 Å². The summed E-state index contributed by atoms with van der Waals surface area (Å²) in [5.41, 5.74) is 0. The number of carboxylic acids is 2. The standard InChI is InChI=1S/2C17H24O3.CH4/c2*1-14(18)9-5-4-7-11-16-13-15(16)10-6-2-3-8-12-17(19)20;/h2*2,5-6,9,14-16,18H,3,8,10-13H2,1H3,(H,19,20);1H4/b2*6-2-,9-5+;/t2*14?,15-,16+;/m11./s1. The maximum atomic E-state index is 10.3. The second kappa shape index (κ2) is 23.6. The van der Waals surface area contributed by atoms with Gasteiger partial charge in [0.25, 0.3) is 0 Å². The topological polar surface area (TPSA) is 115 Å². The molecule has 0 radical (unpaired) electrons. The molecule has 2 rings (SSSR count). The summed E-state index contributed by atoms with van der Waals surface area (Å²) in [6.45, 7) is 3.41. The first-order chi connectivity index (χ1) is 19.2. The van der Waals surface area contributed by atoms with Gasteiger partial charge in [0.1, 0.15) is 0 Å². The number of aliphatic hydroxyl groups is 2. The van der Waals surface area contributed by atoms with Crippen LogP contribution in [-0.4, -0.2) is 44.6 Å². The van der Waals surface area contributed by atoms with E-state index in [2.05, 4.69) is 48.0 Å². The first-order valence-electron chi connectivity index (χ1n) is 14.6. The second-order valence-corrected chi connectivity index (χ2v) is 10.7. The molecule has 228 valence electrons. The van der Waals surface area contributed by atoms with Gasteiger partial charge in [0.15, 0.2) is 0 Å². The third-order valence-corrected chi connectivity index (χ3v) is 6.72. The number of carboxylic acid groups (broad SMARTS) is 2. The third-order valence-electron chi connectivity index (χ3n) is 6.72. The van der Waals surface area contributed by atoms with Crippen LogP contribution in [0.1, 0.15) is 98.3 Å². The first-order valence-corrected chi connectivity index (χ1v) is 14.6. The summed E-state index contributed by atoms with van der Waals surface area (Å²) in [6.07, 6.45) is 24.7. The average molecular weight is 569 g/mol. The van der Waals surface area contributed by atoms with E-state index in [4.69, 9.17) is 20.4 Å². The summed E-state index contributed by atoms with van der Waals surface area (Å²) in [6, 6.07) is 0. The number of unbranched alkanes of at least 4 members (excludes halogenated alkanes) is 2.